The number of nitrogens with one attached hydrogen (secondary N) is 3. The van der Waals surface area contributed by atoms with Gasteiger partial charge in [-0.25, -0.2) is 8.42 Å². The first-order chi connectivity index (χ1) is 12.3. The lowest BCUT2D eigenvalue weighted by atomic mass is 10.2. The Balaban J connectivity index is 0.00000364. The van der Waals surface area contributed by atoms with Crippen LogP contribution in [0.5, 0.6) is 0 Å². The average Bonchev–Trinajstić information content (AvgIpc) is 3.39. The van der Waals surface area contributed by atoms with E-state index in [4.69, 9.17) is 0 Å². The summed E-state index contributed by atoms with van der Waals surface area (Å²) in [7, 11) is -3.50. The predicted octanol–water partition coefficient (Wildman–Crippen LogP) is 1.99. The van der Waals surface area contributed by atoms with Crippen molar-refractivity contribution in [3.05, 3.63) is 28.3 Å². The number of nitro groups is 1. The highest BCUT2D eigenvalue weighted by atomic mass is 127. The van der Waals surface area contributed by atoms with Crippen molar-refractivity contribution in [2.75, 3.05) is 37.8 Å². The van der Waals surface area contributed by atoms with Crippen molar-refractivity contribution < 1.29 is 13.3 Å². The van der Waals surface area contributed by atoms with Crippen LogP contribution in [0.1, 0.15) is 19.8 Å². The fourth-order valence-corrected chi connectivity index (χ4v) is 2.92. The summed E-state index contributed by atoms with van der Waals surface area (Å²) in [6, 6.07) is 3.85. The van der Waals surface area contributed by atoms with Crippen LogP contribution >= 0.6 is 24.0 Å². The normalized spacial score (nSPS) is 14.2. The molecule has 1 aromatic carbocycles. The van der Waals surface area contributed by atoms with Gasteiger partial charge in [-0.1, -0.05) is 0 Å². The van der Waals surface area contributed by atoms with Crippen LogP contribution in [-0.2, 0) is 9.84 Å². The second-order valence-electron chi connectivity index (χ2n) is 6.22. The van der Waals surface area contributed by atoms with E-state index in [-0.39, 0.29) is 40.2 Å². The van der Waals surface area contributed by atoms with Gasteiger partial charge < -0.3 is 16.0 Å². The molecule has 0 aromatic heterocycles. The SMILES string of the molecule is CCNC(=NCC1CC1)NCCNc1ccc(S(C)(=O)=O)cc1[N+](=O)[O-].I. The lowest BCUT2D eigenvalue weighted by molar-refractivity contribution is -0.384. The van der Waals surface area contributed by atoms with Gasteiger partial charge in [-0.05, 0) is 37.8 Å². The van der Waals surface area contributed by atoms with E-state index in [2.05, 4.69) is 20.9 Å². The first-order valence-electron chi connectivity index (χ1n) is 8.55. The molecule has 2 rings (SSSR count). The monoisotopic (exact) mass is 511 g/mol. The summed E-state index contributed by atoms with van der Waals surface area (Å²) in [6.45, 7) is 4.48. The Hall–Kier alpha value is -1.63. The Morgan fingerprint density at radius 3 is 2.56 bits per heavy atom. The molecule has 9 nitrogen and oxygen atoms in total. The van der Waals surface area contributed by atoms with Gasteiger partial charge in [0.05, 0.1) is 9.82 Å². The maximum atomic E-state index is 11.6. The smallest absolute Gasteiger partial charge is 0.293 e. The summed E-state index contributed by atoms with van der Waals surface area (Å²) in [5.74, 6) is 1.42. The zero-order valence-corrected chi connectivity index (χ0v) is 18.5. The zero-order valence-electron chi connectivity index (χ0n) is 15.4. The largest absolute Gasteiger partial charge is 0.378 e. The molecule has 0 heterocycles. The quantitative estimate of drug-likeness (QED) is 0.116. The van der Waals surface area contributed by atoms with E-state index in [1.165, 1.54) is 25.0 Å². The van der Waals surface area contributed by atoms with E-state index in [0.717, 1.165) is 31.4 Å². The fraction of sp³-hybridized carbons (Fsp3) is 0.562. The lowest BCUT2D eigenvalue weighted by Crippen LogP contribution is -2.39. The highest BCUT2D eigenvalue weighted by Gasteiger charge is 2.21. The number of hydrogen-bond donors (Lipinski definition) is 3. The predicted molar refractivity (Wildman–Crippen MR) is 117 cm³/mol. The lowest BCUT2D eigenvalue weighted by Gasteiger charge is -2.12. The molecule has 0 unspecified atom stereocenters. The number of halogens is 1. The molecule has 0 amide bonds. The second kappa shape index (κ2) is 10.6. The van der Waals surface area contributed by atoms with E-state index >= 15 is 0 Å². The molecular formula is C16H26IN5O4S. The van der Waals surface area contributed by atoms with Crippen LogP contribution in [0.2, 0.25) is 0 Å². The van der Waals surface area contributed by atoms with Crippen LogP contribution in [0.25, 0.3) is 0 Å². The molecule has 1 saturated carbocycles. The number of guanidine groups is 1. The third-order valence-corrected chi connectivity index (χ3v) is 4.99. The molecule has 0 atom stereocenters. The van der Waals surface area contributed by atoms with Crippen LogP contribution in [0.3, 0.4) is 0 Å². The standard InChI is InChI=1S/C16H25N5O4S.HI/c1-3-17-16(20-11-12-4-5-12)19-9-8-18-14-7-6-13(26(2,24)25)10-15(14)21(22)23;/h6-7,10,12,18H,3-5,8-9,11H2,1-2H3,(H2,17,19,20);1H. The van der Waals surface area contributed by atoms with Gasteiger partial charge >= 0.3 is 0 Å². The number of aliphatic imine (C=N–C) groups is 1. The van der Waals surface area contributed by atoms with E-state index in [1.54, 1.807) is 0 Å². The van der Waals surface area contributed by atoms with Gasteiger partial charge in [0.15, 0.2) is 15.8 Å². The summed E-state index contributed by atoms with van der Waals surface area (Å²) >= 11 is 0. The van der Waals surface area contributed by atoms with Crippen molar-refractivity contribution in [2.45, 2.75) is 24.7 Å². The van der Waals surface area contributed by atoms with Gasteiger partial charge in [0.1, 0.15) is 5.69 Å². The minimum Gasteiger partial charge on any atom is -0.378 e. The summed E-state index contributed by atoms with van der Waals surface area (Å²) in [6.07, 6.45) is 3.49. The second-order valence-corrected chi connectivity index (χ2v) is 8.24. The molecule has 1 fully saturated rings. The molecule has 0 radical (unpaired) electrons. The summed E-state index contributed by atoms with van der Waals surface area (Å²) in [4.78, 5) is 15.0. The number of anilines is 1. The van der Waals surface area contributed by atoms with E-state index < -0.39 is 14.8 Å². The van der Waals surface area contributed by atoms with Crippen molar-refractivity contribution in [1.82, 2.24) is 10.6 Å². The first kappa shape index (κ1) is 23.4. The van der Waals surface area contributed by atoms with Crippen LogP contribution in [0.4, 0.5) is 11.4 Å². The van der Waals surface area contributed by atoms with Crippen molar-refractivity contribution in [3.8, 4) is 0 Å². The molecule has 1 aromatic rings. The summed E-state index contributed by atoms with van der Waals surface area (Å²) in [5.41, 5.74) is 0.0198. The number of nitro benzene ring substituents is 1. The van der Waals surface area contributed by atoms with Crippen molar-refractivity contribution >= 4 is 51.1 Å². The third kappa shape index (κ3) is 7.87. The van der Waals surface area contributed by atoms with Gasteiger partial charge in [-0.15, -0.1) is 24.0 Å². The van der Waals surface area contributed by atoms with Gasteiger partial charge in [0.25, 0.3) is 5.69 Å². The number of sulfone groups is 1. The van der Waals surface area contributed by atoms with Crippen LogP contribution in [0, 0.1) is 16.0 Å². The van der Waals surface area contributed by atoms with Gasteiger partial charge in [0, 0.05) is 38.5 Å². The Morgan fingerprint density at radius 1 is 1.30 bits per heavy atom. The van der Waals surface area contributed by atoms with E-state index in [9.17, 15) is 18.5 Å². The number of nitrogens with zero attached hydrogens (tertiary/aromatic N) is 2. The Bertz CT molecular complexity index is 781. The van der Waals surface area contributed by atoms with Crippen LogP contribution < -0.4 is 16.0 Å². The minimum absolute atomic E-state index is 0. The average molecular weight is 511 g/mol. The molecule has 27 heavy (non-hydrogen) atoms. The minimum atomic E-state index is -3.50. The van der Waals surface area contributed by atoms with Gasteiger partial charge in [-0.2, -0.15) is 0 Å². The highest BCUT2D eigenvalue weighted by Crippen LogP contribution is 2.29. The molecule has 1 aliphatic carbocycles. The molecule has 0 saturated heterocycles. The molecule has 0 bridgehead atoms. The molecule has 1 aliphatic rings. The molecule has 11 heteroatoms. The number of rotatable bonds is 9. The number of hydrogen-bond acceptors (Lipinski definition) is 6. The Morgan fingerprint density at radius 2 is 2.00 bits per heavy atom. The van der Waals surface area contributed by atoms with Crippen molar-refractivity contribution in [1.29, 1.82) is 0 Å². The maximum absolute atomic E-state index is 11.6. The van der Waals surface area contributed by atoms with E-state index in [1.807, 2.05) is 6.92 Å². The zero-order chi connectivity index (χ0) is 19.2. The van der Waals surface area contributed by atoms with Gasteiger partial charge in [0.2, 0.25) is 0 Å². The molecular weight excluding hydrogens is 485 g/mol. The summed E-state index contributed by atoms with van der Waals surface area (Å²) in [5, 5.41) is 20.5. The molecule has 0 spiro atoms. The summed E-state index contributed by atoms with van der Waals surface area (Å²) < 4.78 is 23.1. The van der Waals surface area contributed by atoms with E-state index in [0.29, 0.717) is 19.0 Å². The maximum Gasteiger partial charge on any atom is 0.293 e. The number of benzene rings is 1. The third-order valence-electron chi connectivity index (χ3n) is 3.88. The van der Waals surface area contributed by atoms with Crippen molar-refractivity contribution in [3.63, 3.8) is 0 Å². The fourth-order valence-electron chi connectivity index (χ4n) is 2.28. The van der Waals surface area contributed by atoms with Gasteiger partial charge in [-0.3, -0.25) is 15.1 Å². The Kier molecular flexibility index (Phi) is 9.22. The van der Waals surface area contributed by atoms with Crippen molar-refractivity contribution in [2.24, 2.45) is 10.9 Å². The van der Waals surface area contributed by atoms with Crippen LogP contribution in [0.15, 0.2) is 28.1 Å². The first-order valence-corrected chi connectivity index (χ1v) is 10.4. The molecule has 3 N–H and O–H groups in total. The Labute approximate surface area is 176 Å². The molecule has 0 aliphatic heterocycles. The highest BCUT2D eigenvalue weighted by molar-refractivity contribution is 14.0. The molecule has 152 valence electrons. The van der Waals surface area contributed by atoms with Crippen LogP contribution in [-0.4, -0.2) is 51.7 Å². The topological polar surface area (TPSA) is 126 Å².